The smallest absolute Gasteiger partial charge is 0.323 e. The number of hydrogen-bond donors (Lipinski definition) is 1. The first-order chi connectivity index (χ1) is 8.24. The van der Waals surface area contributed by atoms with Gasteiger partial charge in [-0.15, -0.1) is 0 Å². The average Bonchev–Trinajstić information content (AvgIpc) is 2.34. The van der Waals surface area contributed by atoms with Crippen LogP contribution in [0, 0.1) is 0 Å². The minimum absolute atomic E-state index is 0.0999. The predicted molar refractivity (Wildman–Crippen MR) is 73.7 cm³/mol. The van der Waals surface area contributed by atoms with Crippen LogP contribution in [0.15, 0.2) is 24.3 Å². The van der Waals surface area contributed by atoms with Crippen molar-refractivity contribution in [2.45, 2.75) is 19.4 Å². The fraction of sp³-hybridized carbons (Fsp3) is 0.462. The highest BCUT2D eigenvalue weighted by molar-refractivity contribution is 7.80. The number of fused-ring (bicyclic) bond motifs is 1. The van der Waals surface area contributed by atoms with Crippen molar-refractivity contribution in [3.63, 3.8) is 0 Å². The molecular weight excluding hydrogens is 232 g/mol. The van der Waals surface area contributed by atoms with Crippen LogP contribution < -0.4 is 4.90 Å². The summed E-state index contributed by atoms with van der Waals surface area (Å²) in [5, 5.41) is 0. The number of benzene rings is 1. The molecule has 0 N–H and O–H groups in total. The number of urea groups is 1. The first-order valence-electron chi connectivity index (χ1n) is 5.95. The lowest BCUT2D eigenvalue weighted by atomic mass is 10.1. The molecule has 1 aliphatic rings. The molecule has 4 heteroatoms. The Morgan fingerprint density at radius 3 is 2.82 bits per heavy atom. The van der Waals surface area contributed by atoms with Gasteiger partial charge in [0, 0.05) is 20.1 Å². The SMILES string of the molecule is CN1Cc2ccccc2N(CCCCS)C1=O. The van der Waals surface area contributed by atoms with Crippen LogP contribution in [0.2, 0.25) is 0 Å². The molecule has 0 bridgehead atoms. The summed E-state index contributed by atoms with van der Waals surface area (Å²) in [4.78, 5) is 15.8. The number of hydrogen-bond acceptors (Lipinski definition) is 2. The molecule has 1 aliphatic heterocycles. The van der Waals surface area contributed by atoms with Gasteiger partial charge in [0.25, 0.3) is 0 Å². The van der Waals surface area contributed by atoms with Crippen LogP contribution >= 0.6 is 12.6 Å². The molecular formula is C13H18N2OS. The molecule has 1 heterocycles. The summed E-state index contributed by atoms with van der Waals surface area (Å²) in [7, 11) is 1.85. The molecule has 0 atom stereocenters. The third-order valence-corrected chi connectivity index (χ3v) is 3.35. The normalized spacial score (nSPS) is 15.1. The Hall–Kier alpha value is -1.16. The van der Waals surface area contributed by atoms with Gasteiger partial charge in [0.05, 0.1) is 5.69 Å². The highest BCUT2D eigenvalue weighted by Gasteiger charge is 2.26. The van der Waals surface area contributed by atoms with Crippen molar-refractivity contribution >= 4 is 24.3 Å². The van der Waals surface area contributed by atoms with E-state index in [1.165, 1.54) is 5.56 Å². The number of carbonyl (C=O) groups excluding carboxylic acids is 1. The van der Waals surface area contributed by atoms with E-state index in [4.69, 9.17) is 0 Å². The van der Waals surface area contributed by atoms with Gasteiger partial charge in [-0.1, -0.05) is 18.2 Å². The number of amides is 2. The summed E-state index contributed by atoms with van der Waals surface area (Å²) in [6, 6.07) is 8.23. The zero-order chi connectivity index (χ0) is 12.3. The molecule has 1 aromatic rings. The zero-order valence-corrected chi connectivity index (χ0v) is 11.0. The van der Waals surface area contributed by atoms with Crippen molar-refractivity contribution in [3.05, 3.63) is 29.8 Å². The molecule has 1 aromatic carbocycles. The zero-order valence-electron chi connectivity index (χ0n) is 10.1. The van der Waals surface area contributed by atoms with Crippen LogP contribution in [0.5, 0.6) is 0 Å². The maximum absolute atomic E-state index is 12.1. The Bertz CT molecular complexity index is 408. The van der Waals surface area contributed by atoms with E-state index in [1.54, 1.807) is 4.90 Å². The van der Waals surface area contributed by atoms with Crippen molar-refractivity contribution in [2.75, 3.05) is 24.2 Å². The van der Waals surface area contributed by atoms with E-state index < -0.39 is 0 Å². The monoisotopic (exact) mass is 250 g/mol. The third-order valence-electron chi connectivity index (χ3n) is 3.04. The number of anilines is 1. The van der Waals surface area contributed by atoms with Crippen LogP contribution in [0.25, 0.3) is 0 Å². The Balaban J connectivity index is 2.20. The minimum atomic E-state index is 0.0999. The molecule has 0 unspecified atom stereocenters. The van der Waals surface area contributed by atoms with Crippen molar-refractivity contribution in [1.29, 1.82) is 0 Å². The Labute approximate surface area is 108 Å². The molecule has 0 aliphatic carbocycles. The van der Waals surface area contributed by atoms with E-state index >= 15 is 0 Å². The van der Waals surface area contributed by atoms with Gasteiger partial charge in [-0.05, 0) is 30.2 Å². The lowest BCUT2D eigenvalue weighted by Crippen LogP contribution is -2.45. The quantitative estimate of drug-likeness (QED) is 0.644. The first-order valence-corrected chi connectivity index (χ1v) is 6.58. The van der Waals surface area contributed by atoms with Crippen molar-refractivity contribution < 1.29 is 4.79 Å². The second kappa shape index (κ2) is 5.45. The Morgan fingerprint density at radius 2 is 2.06 bits per heavy atom. The first kappa shape index (κ1) is 12.3. The molecule has 0 aromatic heterocycles. The van der Waals surface area contributed by atoms with Gasteiger partial charge in [0.15, 0.2) is 0 Å². The van der Waals surface area contributed by atoms with E-state index in [9.17, 15) is 4.79 Å². The standard InChI is InChI=1S/C13H18N2OS/c1-14-10-11-6-2-3-7-12(11)15(13(14)16)8-4-5-9-17/h2-3,6-7,17H,4-5,8-10H2,1H3. The summed E-state index contributed by atoms with van der Waals surface area (Å²) in [6.07, 6.45) is 2.04. The lowest BCUT2D eigenvalue weighted by molar-refractivity contribution is 0.210. The summed E-state index contributed by atoms with van der Waals surface area (Å²) in [5.41, 5.74) is 2.29. The van der Waals surface area contributed by atoms with Gasteiger partial charge < -0.3 is 4.90 Å². The van der Waals surface area contributed by atoms with Crippen LogP contribution in [-0.2, 0) is 6.54 Å². The molecule has 0 spiro atoms. The van der Waals surface area contributed by atoms with Crippen LogP contribution in [-0.4, -0.2) is 30.3 Å². The van der Waals surface area contributed by atoms with E-state index in [2.05, 4.69) is 18.7 Å². The average molecular weight is 250 g/mol. The van der Waals surface area contributed by atoms with Crippen LogP contribution in [0.1, 0.15) is 18.4 Å². The molecule has 0 saturated heterocycles. The van der Waals surface area contributed by atoms with Crippen molar-refractivity contribution in [1.82, 2.24) is 4.90 Å². The second-order valence-electron chi connectivity index (χ2n) is 4.35. The van der Waals surface area contributed by atoms with Gasteiger partial charge in [-0.3, -0.25) is 4.90 Å². The van der Waals surface area contributed by atoms with Gasteiger partial charge >= 0.3 is 6.03 Å². The summed E-state index contributed by atoms with van der Waals surface area (Å²) < 4.78 is 0. The Kier molecular flexibility index (Phi) is 3.94. The number of thiol groups is 1. The van der Waals surface area contributed by atoms with Crippen molar-refractivity contribution in [2.24, 2.45) is 0 Å². The third kappa shape index (κ3) is 2.57. The highest BCUT2D eigenvalue weighted by Crippen LogP contribution is 2.27. The number of carbonyl (C=O) groups is 1. The fourth-order valence-corrected chi connectivity index (χ4v) is 2.36. The van der Waals surface area contributed by atoms with Gasteiger partial charge in [0.1, 0.15) is 0 Å². The second-order valence-corrected chi connectivity index (χ2v) is 4.80. The predicted octanol–water partition coefficient (Wildman–Crippen LogP) is 2.77. The van der Waals surface area contributed by atoms with E-state index in [1.807, 2.05) is 30.1 Å². The largest absolute Gasteiger partial charge is 0.324 e. The minimum Gasteiger partial charge on any atom is -0.323 e. The fourth-order valence-electron chi connectivity index (χ4n) is 2.14. The topological polar surface area (TPSA) is 23.6 Å². The van der Waals surface area contributed by atoms with Crippen LogP contribution in [0.4, 0.5) is 10.5 Å². The number of para-hydroxylation sites is 1. The Morgan fingerprint density at radius 1 is 1.29 bits per heavy atom. The van der Waals surface area contributed by atoms with Gasteiger partial charge in [0.2, 0.25) is 0 Å². The molecule has 0 saturated carbocycles. The maximum Gasteiger partial charge on any atom is 0.324 e. The molecule has 0 fully saturated rings. The van der Waals surface area contributed by atoms with Gasteiger partial charge in [-0.25, -0.2) is 4.79 Å². The number of unbranched alkanes of at least 4 members (excludes halogenated alkanes) is 1. The number of nitrogens with zero attached hydrogens (tertiary/aromatic N) is 2. The molecule has 92 valence electrons. The summed E-state index contributed by atoms with van der Waals surface area (Å²) in [5.74, 6) is 0.875. The lowest BCUT2D eigenvalue weighted by Gasteiger charge is -2.35. The number of rotatable bonds is 4. The van der Waals surface area contributed by atoms with Gasteiger partial charge in [-0.2, -0.15) is 12.6 Å². The highest BCUT2D eigenvalue weighted by atomic mass is 32.1. The van der Waals surface area contributed by atoms with E-state index in [0.29, 0.717) is 6.54 Å². The van der Waals surface area contributed by atoms with Crippen molar-refractivity contribution in [3.8, 4) is 0 Å². The summed E-state index contributed by atoms with van der Waals surface area (Å²) >= 11 is 4.20. The molecule has 0 radical (unpaired) electrons. The summed E-state index contributed by atoms with van der Waals surface area (Å²) in [6.45, 7) is 1.48. The molecule has 3 nitrogen and oxygen atoms in total. The molecule has 17 heavy (non-hydrogen) atoms. The van der Waals surface area contributed by atoms with E-state index in [-0.39, 0.29) is 6.03 Å². The van der Waals surface area contributed by atoms with Crippen LogP contribution in [0.3, 0.4) is 0 Å². The maximum atomic E-state index is 12.1. The van der Waals surface area contributed by atoms with E-state index in [0.717, 1.165) is 30.8 Å². The molecule has 2 amide bonds. The molecule has 2 rings (SSSR count).